The Hall–Kier alpha value is -1.89. The van der Waals surface area contributed by atoms with Crippen molar-refractivity contribution >= 4 is 17.7 Å². The fraction of sp³-hybridized carbons (Fsp3) is 0.667. The summed E-state index contributed by atoms with van der Waals surface area (Å²) in [7, 11) is 0. The van der Waals surface area contributed by atoms with E-state index in [0.717, 1.165) is 12.8 Å². The van der Waals surface area contributed by atoms with E-state index in [0.29, 0.717) is 5.57 Å². The van der Waals surface area contributed by atoms with Crippen molar-refractivity contribution in [3.63, 3.8) is 0 Å². The first kappa shape index (κ1) is 18.2. The summed E-state index contributed by atoms with van der Waals surface area (Å²) in [4.78, 5) is 22.8. The van der Waals surface area contributed by atoms with Crippen molar-refractivity contribution in [3.8, 4) is 0 Å². The topological polar surface area (TPSA) is 126 Å². The van der Waals surface area contributed by atoms with Gasteiger partial charge in [0.25, 0.3) is 0 Å². The van der Waals surface area contributed by atoms with Crippen molar-refractivity contribution in [1.82, 2.24) is 5.32 Å². The summed E-state index contributed by atoms with van der Waals surface area (Å²) in [5, 5.41) is 19.7. The Morgan fingerprint density at radius 2 is 2.09 bits per heavy atom. The van der Waals surface area contributed by atoms with Crippen LogP contribution in [0.25, 0.3) is 0 Å². The lowest BCUT2D eigenvalue weighted by Gasteiger charge is -2.36. The highest BCUT2D eigenvalue weighted by Gasteiger charge is 2.38. The normalized spacial score (nSPS) is 24.7. The lowest BCUT2D eigenvalue weighted by Crippen LogP contribution is -2.52. The van der Waals surface area contributed by atoms with Gasteiger partial charge in [-0.3, -0.25) is 15.0 Å². The molecule has 1 amide bonds. The number of hydrogen-bond donors (Lipinski definition) is 4. The fourth-order valence-corrected chi connectivity index (χ4v) is 2.66. The number of hydrogen-bond acceptors (Lipinski definition) is 4. The zero-order chi connectivity index (χ0) is 16.9. The number of ether oxygens (including phenoxy) is 1. The molecule has 0 heterocycles. The van der Waals surface area contributed by atoms with Crippen LogP contribution in [-0.2, 0) is 14.3 Å². The second-order valence-corrected chi connectivity index (χ2v) is 5.51. The number of nitrogens with one attached hydrogen (secondary N) is 2. The van der Waals surface area contributed by atoms with Crippen molar-refractivity contribution in [3.05, 3.63) is 11.6 Å². The summed E-state index contributed by atoms with van der Waals surface area (Å²) in [6.45, 7) is 5.34. The van der Waals surface area contributed by atoms with Gasteiger partial charge in [-0.25, -0.2) is 0 Å². The maximum atomic E-state index is 11.4. The minimum absolute atomic E-state index is 0.0259. The van der Waals surface area contributed by atoms with Crippen LogP contribution in [0.1, 0.15) is 40.0 Å². The molecule has 1 rings (SSSR count). The Morgan fingerprint density at radius 3 is 2.50 bits per heavy atom. The zero-order valence-electron chi connectivity index (χ0n) is 13.3. The minimum Gasteiger partial charge on any atom is -0.481 e. The monoisotopic (exact) mass is 311 g/mol. The predicted molar refractivity (Wildman–Crippen MR) is 82.6 cm³/mol. The molecule has 0 radical (unpaired) electrons. The Labute approximate surface area is 130 Å². The second-order valence-electron chi connectivity index (χ2n) is 5.51. The van der Waals surface area contributed by atoms with Crippen molar-refractivity contribution in [2.45, 2.75) is 58.3 Å². The molecule has 0 saturated heterocycles. The van der Waals surface area contributed by atoms with E-state index < -0.39 is 24.0 Å². The molecule has 3 atom stereocenters. The van der Waals surface area contributed by atoms with Gasteiger partial charge in [-0.2, -0.15) is 0 Å². The summed E-state index contributed by atoms with van der Waals surface area (Å²) in [5.74, 6) is -2.28. The molecule has 0 saturated carbocycles. The molecule has 22 heavy (non-hydrogen) atoms. The van der Waals surface area contributed by atoms with Gasteiger partial charge in [-0.15, -0.1) is 0 Å². The third kappa shape index (κ3) is 4.56. The predicted octanol–water partition coefficient (Wildman–Crippen LogP) is 1.03. The number of rotatable bonds is 7. The van der Waals surface area contributed by atoms with Crippen LogP contribution in [-0.4, -0.2) is 41.1 Å². The first-order valence-electron chi connectivity index (χ1n) is 7.51. The smallest absolute Gasteiger partial charge is 0.310 e. The molecule has 1 aliphatic carbocycles. The van der Waals surface area contributed by atoms with Gasteiger partial charge in [-0.1, -0.05) is 19.9 Å². The molecule has 0 fully saturated rings. The van der Waals surface area contributed by atoms with Crippen molar-refractivity contribution < 1.29 is 19.4 Å². The highest BCUT2D eigenvalue weighted by molar-refractivity contribution is 5.97. The molecule has 0 spiro atoms. The molecule has 7 heteroatoms. The molecular weight excluding hydrogens is 286 g/mol. The number of carboxylic acids is 1. The summed E-state index contributed by atoms with van der Waals surface area (Å²) >= 11 is 0. The summed E-state index contributed by atoms with van der Waals surface area (Å²) < 4.78 is 5.99. The maximum absolute atomic E-state index is 11.4. The van der Waals surface area contributed by atoms with Gasteiger partial charge in [0, 0.05) is 12.5 Å². The summed E-state index contributed by atoms with van der Waals surface area (Å²) in [5.41, 5.74) is 5.88. The van der Waals surface area contributed by atoms with Gasteiger partial charge in [0.2, 0.25) is 5.91 Å². The molecule has 0 aromatic heterocycles. The number of nitrogens with two attached hydrogens (primary N) is 1. The van der Waals surface area contributed by atoms with Crippen molar-refractivity contribution in [2.75, 3.05) is 0 Å². The third-order valence-electron chi connectivity index (χ3n) is 3.84. The van der Waals surface area contributed by atoms with Crippen molar-refractivity contribution in [2.24, 2.45) is 11.7 Å². The lowest BCUT2D eigenvalue weighted by atomic mass is 9.83. The molecule has 1 aliphatic rings. The number of amides is 1. The average molecular weight is 311 g/mol. The van der Waals surface area contributed by atoms with E-state index in [-0.39, 0.29) is 24.3 Å². The number of amidine groups is 1. The molecular formula is C15H25N3O4. The van der Waals surface area contributed by atoms with Crippen LogP contribution in [0, 0.1) is 11.3 Å². The van der Waals surface area contributed by atoms with E-state index in [1.165, 1.54) is 13.0 Å². The quantitative estimate of drug-likeness (QED) is 0.413. The molecule has 0 aliphatic heterocycles. The number of carbonyl (C=O) groups excluding carboxylic acids is 1. The van der Waals surface area contributed by atoms with E-state index in [4.69, 9.17) is 15.9 Å². The standard InChI is InChI=1S/C15H25N3O4/c1-4-10(5-2)22-12-7-9(15(20)21)6-11(14(16)17)13(12)18-8(3)19/h6,9-10,12-13H,4-5,7H2,1-3H3,(H3,16,17)(H,18,19)(H,20,21). The first-order valence-corrected chi connectivity index (χ1v) is 7.51. The SMILES string of the molecule is CCC(CC)OC1CC(C(=O)O)C=C(C(=N)N)C1NC(C)=O. The van der Waals surface area contributed by atoms with Gasteiger partial charge in [-0.05, 0) is 19.3 Å². The van der Waals surface area contributed by atoms with E-state index in [9.17, 15) is 14.7 Å². The molecule has 3 unspecified atom stereocenters. The lowest BCUT2D eigenvalue weighted by molar-refractivity contribution is -0.142. The largest absolute Gasteiger partial charge is 0.481 e. The van der Waals surface area contributed by atoms with Crippen LogP contribution >= 0.6 is 0 Å². The Kier molecular flexibility index (Phi) is 6.55. The van der Waals surface area contributed by atoms with Crippen LogP contribution in [0.15, 0.2) is 11.6 Å². The van der Waals surface area contributed by atoms with E-state index in [1.807, 2.05) is 13.8 Å². The summed E-state index contributed by atoms with van der Waals surface area (Å²) in [6, 6.07) is -0.591. The molecule has 124 valence electrons. The Morgan fingerprint density at radius 1 is 1.50 bits per heavy atom. The Bertz CT molecular complexity index is 471. The van der Waals surface area contributed by atoms with Gasteiger partial charge < -0.3 is 20.9 Å². The van der Waals surface area contributed by atoms with Crippen LogP contribution < -0.4 is 11.1 Å². The number of carboxylic acid groups (broad SMARTS) is 1. The van der Waals surface area contributed by atoms with Crippen molar-refractivity contribution in [1.29, 1.82) is 5.41 Å². The van der Waals surface area contributed by atoms with Gasteiger partial charge in [0.05, 0.1) is 24.2 Å². The number of aliphatic carboxylic acids is 1. The van der Waals surface area contributed by atoms with Gasteiger partial charge in [0.15, 0.2) is 0 Å². The van der Waals surface area contributed by atoms with Gasteiger partial charge >= 0.3 is 5.97 Å². The zero-order valence-corrected chi connectivity index (χ0v) is 13.3. The molecule has 5 N–H and O–H groups in total. The van der Waals surface area contributed by atoms with E-state index in [2.05, 4.69) is 5.32 Å². The summed E-state index contributed by atoms with van der Waals surface area (Å²) in [6.07, 6.45) is 2.72. The maximum Gasteiger partial charge on any atom is 0.310 e. The van der Waals surface area contributed by atoms with Crippen LogP contribution in [0.5, 0.6) is 0 Å². The first-order chi connectivity index (χ1) is 10.3. The molecule has 0 aromatic carbocycles. The molecule has 0 bridgehead atoms. The highest BCUT2D eigenvalue weighted by Crippen LogP contribution is 2.28. The van der Waals surface area contributed by atoms with Crippen LogP contribution in [0.4, 0.5) is 0 Å². The fourth-order valence-electron chi connectivity index (χ4n) is 2.66. The number of carbonyl (C=O) groups is 2. The molecule has 7 nitrogen and oxygen atoms in total. The van der Waals surface area contributed by atoms with E-state index >= 15 is 0 Å². The Balaban J connectivity index is 3.13. The van der Waals surface area contributed by atoms with E-state index in [1.54, 1.807) is 0 Å². The van der Waals surface area contributed by atoms with Crippen LogP contribution in [0.3, 0.4) is 0 Å². The van der Waals surface area contributed by atoms with Crippen LogP contribution in [0.2, 0.25) is 0 Å². The molecule has 0 aromatic rings. The minimum atomic E-state index is -0.988. The second kappa shape index (κ2) is 7.93. The van der Waals surface area contributed by atoms with Gasteiger partial charge in [0.1, 0.15) is 5.84 Å². The third-order valence-corrected chi connectivity index (χ3v) is 3.84. The average Bonchev–Trinajstić information content (AvgIpc) is 2.44. The highest BCUT2D eigenvalue weighted by atomic mass is 16.5.